The van der Waals surface area contributed by atoms with Crippen LogP contribution >= 0.6 is 0 Å². The number of pyridine rings is 1. The molecule has 0 atom stereocenters. The fraction of sp³-hybridized carbons (Fsp3) is 0.333. The number of piperazine rings is 1. The second-order valence-corrected chi connectivity index (χ2v) is 8.55. The molecule has 178 valence electrons. The summed E-state index contributed by atoms with van der Waals surface area (Å²) in [6.07, 6.45) is 1.66. The van der Waals surface area contributed by atoms with Crippen LogP contribution < -0.4 is 15.8 Å². The van der Waals surface area contributed by atoms with Gasteiger partial charge in [0.1, 0.15) is 5.75 Å². The molecule has 1 aliphatic heterocycles. The van der Waals surface area contributed by atoms with Gasteiger partial charge in [-0.25, -0.2) is 4.98 Å². The van der Waals surface area contributed by atoms with E-state index in [1.165, 1.54) is 5.56 Å². The molecule has 0 bridgehead atoms. The second-order valence-electron chi connectivity index (χ2n) is 8.55. The van der Waals surface area contributed by atoms with Gasteiger partial charge in [0, 0.05) is 63.6 Å². The molecule has 7 heteroatoms. The molecule has 1 aromatic heterocycles. The van der Waals surface area contributed by atoms with Crippen LogP contribution in [0.5, 0.6) is 11.6 Å². The van der Waals surface area contributed by atoms with E-state index in [0.29, 0.717) is 30.3 Å². The average molecular weight is 460 g/mol. The number of ether oxygens (including phenoxy) is 1. The Kier molecular flexibility index (Phi) is 8.25. The summed E-state index contributed by atoms with van der Waals surface area (Å²) in [5.74, 6) is 0.860. The van der Waals surface area contributed by atoms with Crippen molar-refractivity contribution < 1.29 is 9.53 Å². The van der Waals surface area contributed by atoms with Crippen molar-refractivity contribution in [2.45, 2.75) is 26.6 Å². The number of hydrogen-bond donors (Lipinski definition) is 2. The van der Waals surface area contributed by atoms with E-state index < -0.39 is 0 Å². The van der Waals surface area contributed by atoms with E-state index in [-0.39, 0.29) is 5.91 Å². The normalized spacial score (nSPS) is 14.6. The first-order valence-corrected chi connectivity index (χ1v) is 11.9. The summed E-state index contributed by atoms with van der Waals surface area (Å²) in [5.41, 5.74) is 9.52. The third-order valence-electron chi connectivity index (χ3n) is 6.15. The van der Waals surface area contributed by atoms with Crippen molar-refractivity contribution in [1.29, 1.82) is 0 Å². The number of hydrogen-bond acceptors (Lipinski definition) is 6. The lowest BCUT2D eigenvalue weighted by molar-refractivity contribution is 0.0950. The molecule has 1 saturated heterocycles. The van der Waals surface area contributed by atoms with Crippen molar-refractivity contribution in [1.82, 2.24) is 20.1 Å². The van der Waals surface area contributed by atoms with E-state index in [2.05, 4.69) is 51.3 Å². The van der Waals surface area contributed by atoms with Gasteiger partial charge in [-0.1, -0.05) is 37.3 Å². The minimum atomic E-state index is -0.146. The Morgan fingerprint density at radius 2 is 1.71 bits per heavy atom. The fourth-order valence-corrected chi connectivity index (χ4v) is 4.02. The van der Waals surface area contributed by atoms with Gasteiger partial charge >= 0.3 is 0 Å². The second kappa shape index (κ2) is 11.7. The van der Waals surface area contributed by atoms with Crippen LogP contribution in [0.4, 0.5) is 0 Å². The number of nitrogens with one attached hydrogen (secondary N) is 1. The third-order valence-corrected chi connectivity index (χ3v) is 6.15. The molecule has 4 rings (SSSR count). The van der Waals surface area contributed by atoms with E-state index in [1.54, 1.807) is 36.5 Å². The Labute approximate surface area is 201 Å². The first kappa shape index (κ1) is 23.9. The Morgan fingerprint density at radius 1 is 0.971 bits per heavy atom. The van der Waals surface area contributed by atoms with Crippen molar-refractivity contribution in [3.8, 4) is 11.6 Å². The van der Waals surface area contributed by atoms with Gasteiger partial charge < -0.3 is 20.7 Å². The number of aromatic nitrogens is 1. The molecular formula is C27H33N5O2. The van der Waals surface area contributed by atoms with Crippen LogP contribution in [0.2, 0.25) is 0 Å². The molecule has 1 amide bonds. The van der Waals surface area contributed by atoms with Crippen LogP contribution in [0, 0.1) is 0 Å². The summed E-state index contributed by atoms with van der Waals surface area (Å²) < 4.78 is 5.81. The number of nitrogens with zero attached hydrogens (tertiary/aromatic N) is 3. The standard InChI is InChI=1S/C27H33N5O2/c1-2-31-12-14-32(15-13-31)20-22-8-6-21(7-9-22)19-30-27(33)24-4-3-5-25(17-24)34-26-16-23(18-28)10-11-29-26/h3-11,16-17H,2,12-15,18-20,28H2,1H3,(H,30,33). The molecule has 7 nitrogen and oxygen atoms in total. The monoisotopic (exact) mass is 459 g/mol. The Bertz CT molecular complexity index is 1080. The van der Waals surface area contributed by atoms with Crippen LogP contribution in [0.15, 0.2) is 66.9 Å². The molecule has 0 radical (unpaired) electrons. The van der Waals surface area contributed by atoms with Crippen LogP contribution in [-0.4, -0.2) is 53.4 Å². The SMILES string of the molecule is CCN1CCN(Cc2ccc(CNC(=O)c3cccc(Oc4cc(CN)ccn4)c3)cc2)CC1. The lowest BCUT2D eigenvalue weighted by atomic mass is 10.1. The summed E-state index contributed by atoms with van der Waals surface area (Å²) in [6.45, 7) is 9.72. The van der Waals surface area contributed by atoms with Crippen molar-refractivity contribution in [3.63, 3.8) is 0 Å². The van der Waals surface area contributed by atoms with Crippen molar-refractivity contribution in [2.24, 2.45) is 5.73 Å². The van der Waals surface area contributed by atoms with Gasteiger partial charge in [0.15, 0.2) is 0 Å². The predicted octanol–water partition coefficient (Wildman–Crippen LogP) is 3.40. The quantitative estimate of drug-likeness (QED) is 0.510. The van der Waals surface area contributed by atoms with Gasteiger partial charge in [-0.2, -0.15) is 0 Å². The van der Waals surface area contributed by atoms with E-state index in [0.717, 1.165) is 50.4 Å². The lowest BCUT2D eigenvalue weighted by Gasteiger charge is -2.34. The van der Waals surface area contributed by atoms with Crippen LogP contribution in [-0.2, 0) is 19.6 Å². The van der Waals surface area contributed by atoms with E-state index in [1.807, 2.05) is 6.07 Å². The summed E-state index contributed by atoms with van der Waals surface area (Å²) in [7, 11) is 0. The molecule has 2 aromatic carbocycles. The molecule has 0 unspecified atom stereocenters. The zero-order valence-corrected chi connectivity index (χ0v) is 19.7. The van der Waals surface area contributed by atoms with Crippen LogP contribution in [0.25, 0.3) is 0 Å². The molecule has 0 spiro atoms. The number of carbonyl (C=O) groups is 1. The first-order valence-electron chi connectivity index (χ1n) is 11.9. The summed E-state index contributed by atoms with van der Waals surface area (Å²) >= 11 is 0. The predicted molar refractivity (Wildman–Crippen MR) is 134 cm³/mol. The van der Waals surface area contributed by atoms with Gasteiger partial charge in [0.05, 0.1) is 0 Å². The van der Waals surface area contributed by atoms with Gasteiger partial charge in [-0.3, -0.25) is 9.69 Å². The maximum atomic E-state index is 12.7. The number of amides is 1. The maximum absolute atomic E-state index is 12.7. The molecule has 1 fully saturated rings. The highest BCUT2D eigenvalue weighted by Gasteiger charge is 2.15. The molecule has 3 aromatic rings. The number of rotatable bonds is 9. The van der Waals surface area contributed by atoms with Crippen molar-refractivity contribution in [3.05, 3.63) is 89.1 Å². The highest BCUT2D eigenvalue weighted by atomic mass is 16.5. The average Bonchev–Trinajstić information content (AvgIpc) is 2.89. The lowest BCUT2D eigenvalue weighted by Crippen LogP contribution is -2.45. The molecule has 34 heavy (non-hydrogen) atoms. The number of benzene rings is 2. The fourth-order valence-electron chi connectivity index (χ4n) is 4.02. The van der Waals surface area contributed by atoms with Gasteiger partial charge in [0.2, 0.25) is 5.88 Å². The Morgan fingerprint density at radius 3 is 2.44 bits per heavy atom. The van der Waals surface area contributed by atoms with E-state index in [4.69, 9.17) is 10.5 Å². The maximum Gasteiger partial charge on any atom is 0.251 e. The minimum Gasteiger partial charge on any atom is -0.439 e. The van der Waals surface area contributed by atoms with Crippen molar-refractivity contribution >= 4 is 5.91 Å². The van der Waals surface area contributed by atoms with Crippen LogP contribution in [0.3, 0.4) is 0 Å². The van der Waals surface area contributed by atoms with Gasteiger partial charge in [-0.15, -0.1) is 0 Å². The van der Waals surface area contributed by atoms with Gasteiger partial charge in [0.25, 0.3) is 5.91 Å². The Balaban J connectivity index is 1.28. The molecular weight excluding hydrogens is 426 g/mol. The van der Waals surface area contributed by atoms with Crippen LogP contribution in [0.1, 0.15) is 34.0 Å². The smallest absolute Gasteiger partial charge is 0.251 e. The highest BCUT2D eigenvalue weighted by Crippen LogP contribution is 2.21. The third kappa shape index (κ3) is 6.63. The topological polar surface area (TPSA) is 83.7 Å². The van der Waals surface area contributed by atoms with Gasteiger partial charge in [-0.05, 0) is 47.5 Å². The first-order chi connectivity index (χ1) is 16.6. The molecule has 2 heterocycles. The summed E-state index contributed by atoms with van der Waals surface area (Å²) in [6, 6.07) is 19.2. The Hall–Kier alpha value is -3.26. The highest BCUT2D eigenvalue weighted by molar-refractivity contribution is 5.94. The molecule has 1 aliphatic rings. The van der Waals surface area contributed by atoms with Crippen molar-refractivity contribution in [2.75, 3.05) is 32.7 Å². The largest absolute Gasteiger partial charge is 0.439 e. The molecule has 0 aliphatic carbocycles. The zero-order valence-electron chi connectivity index (χ0n) is 19.7. The minimum absolute atomic E-state index is 0.146. The number of likely N-dealkylation sites (N-methyl/N-ethyl adjacent to an activating group) is 1. The van der Waals surface area contributed by atoms with E-state index >= 15 is 0 Å². The molecule has 3 N–H and O–H groups in total. The number of nitrogens with two attached hydrogens (primary N) is 1. The van der Waals surface area contributed by atoms with E-state index in [9.17, 15) is 4.79 Å². The summed E-state index contributed by atoms with van der Waals surface area (Å²) in [4.78, 5) is 21.9. The zero-order chi connectivity index (χ0) is 23.8. The molecule has 0 saturated carbocycles. The summed E-state index contributed by atoms with van der Waals surface area (Å²) in [5, 5.41) is 2.99. The number of carbonyl (C=O) groups excluding carboxylic acids is 1.